The molecule has 1 unspecified atom stereocenters. The van der Waals surface area contributed by atoms with Crippen LogP contribution in [0.1, 0.15) is 5.56 Å². The fourth-order valence-electron chi connectivity index (χ4n) is 1.26. The molecule has 2 aromatic heterocycles. The molecule has 0 fully saturated rings. The van der Waals surface area contributed by atoms with Gasteiger partial charge in [-0.2, -0.15) is 5.10 Å². The fraction of sp³-hybridized carbons (Fsp3) is 0.143. The van der Waals surface area contributed by atoms with E-state index in [1.807, 2.05) is 6.92 Å². The zero-order valence-corrected chi connectivity index (χ0v) is 8.10. The first-order valence-electron chi connectivity index (χ1n) is 3.66. The van der Waals surface area contributed by atoms with Crippen LogP contribution in [0.4, 0.5) is 0 Å². The molecule has 0 radical (unpaired) electrons. The van der Waals surface area contributed by atoms with Gasteiger partial charge in [0.2, 0.25) is 0 Å². The third kappa shape index (κ3) is 1.12. The van der Waals surface area contributed by atoms with Crippen molar-refractivity contribution in [3.05, 3.63) is 28.4 Å². The Morgan fingerprint density at radius 1 is 1.69 bits per heavy atom. The number of hydrogen-bond donors (Lipinski definition) is 1. The summed E-state index contributed by atoms with van der Waals surface area (Å²) in [4.78, 5) is 13.9. The van der Waals surface area contributed by atoms with Crippen LogP contribution in [0.15, 0.2) is 17.3 Å². The van der Waals surface area contributed by atoms with Crippen molar-refractivity contribution in [3.8, 4) is 5.75 Å². The van der Waals surface area contributed by atoms with Crippen LogP contribution in [-0.2, 0) is 0 Å². The molecule has 0 aliphatic heterocycles. The van der Waals surface area contributed by atoms with Crippen molar-refractivity contribution in [2.45, 2.75) is 6.92 Å². The van der Waals surface area contributed by atoms with Crippen LogP contribution < -0.4 is 10.1 Å². The monoisotopic (exact) mass is 197 g/mol. The highest BCUT2D eigenvalue weighted by molar-refractivity contribution is 7.10. The Hall–Kier alpha value is -1.35. The van der Waals surface area contributed by atoms with Crippen LogP contribution in [0.25, 0.3) is 5.52 Å². The van der Waals surface area contributed by atoms with E-state index in [1.165, 1.54) is 10.8 Å². The van der Waals surface area contributed by atoms with Crippen molar-refractivity contribution in [2.75, 3.05) is 0 Å². The van der Waals surface area contributed by atoms with Gasteiger partial charge in [-0.15, -0.1) is 0 Å². The van der Waals surface area contributed by atoms with Crippen molar-refractivity contribution >= 4 is 15.0 Å². The molecular weight excluding hydrogens is 189 g/mol. The lowest BCUT2D eigenvalue weighted by Crippen LogP contribution is -2.10. The smallest absolute Gasteiger partial charge is 0.275 e. The van der Waals surface area contributed by atoms with Crippen molar-refractivity contribution in [1.82, 2.24) is 14.6 Å². The predicted molar refractivity (Wildman–Crippen MR) is 50.9 cm³/mol. The van der Waals surface area contributed by atoms with Crippen molar-refractivity contribution in [1.29, 1.82) is 0 Å². The second-order valence-corrected chi connectivity index (χ2v) is 2.88. The third-order valence-corrected chi connectivity index (χ3v) is 2.17. The molecule has 2 rings (SSSR count). The maximum absolute atomic E-state index is 11.4. The van der Waals surface area contributed by atoms with Gasteiger partial charge in [-0.25, -0.2) is 4.52 Å². The van der Waals surface area contributed by atoms with Crippen molar-refractivity contribution < 1.29 is 4.52 Å². The highest BCUT2D eigenvalue weighted by Crippen LogP contribution is 2.22. The SMILES string of the molecule is Cc1c(OP)cn2nc[nH]c(=O)c12. The first-order valence-corrected chi connectivity index (χ1v) is 4.13. The van der Waals surface area contributed by atoms with E-state index >= 15 is 0 Å². The average molecular weight is 197 g/mol. The molecule has 13 heavy (non-hydrogen) atoms. The number of aryl methyl sites for hydroxylation is 1. The maximum Gasteiger partial charge on any atom is 0.275 e. The van der Waals surface area contributed by atoms with Crippen molar-refractivity contribution in [3.63, 3.8) is 0 Å². The zero-order valence-electron chi connectivity index (χ0n) is 6.94. The Morgan fingerprint density at radius 3 is 3.08 bits per heavy atom. The third-order valence-electron chi connectivity index (χ3n) is 1.91. The number of hydrogen-bond acceptors (Lipinski definition) is 3. The molecule has 1 N–H and O–H groups in total. The summed E-state index contributed by atoms with van der Waals surface area (Å²) in [5, 5.41) is 3.94. The van der Waals surface area contributed by atoms with E-state index in [1.54, 1.807) is 6.20 Å². The molecule has 0 aromatic carbocycles. The maximum atomic E-state index is 11.4. The molecule has 68 valence electrons. The largest absolute Gasteiger partial charge is 0.478 e. The quantitative estimate of drug-likeness (QED) is 0.677. The predicted octanol–water partition coefficient (Wildman–Crippen LogP) is 0.500. The summed E-state index contributed by atoms with van der Waals surface area (Å²) in [6.07, 6.45) is 3.01. The van der Waals surface area contributed by atoms with Gasteiger partial charge in [-0.3, -0.25) is 4.79 Å². The lowest BCUT2D eigenvalue weighted by atomic mass is 10.3. The molecule has 5 nitrogen and oxygen atoms in total. The summed E-state index contributed by atoms with van der Waals surface area (Å²) < 4.78 is 6.48. The van der Waals surface area contributed by atoms with E-state index in [0.717, 1.165) is 5.56 Å². The number of aromatic nitrogens is 3. The molecule has 2 aromatic rings. The molecular formula is C7H8N3O2P. The van der Waals surface area contributed by atoms with Gasteiger partial charge in [0, 0.05) is 5.56 Å². The van der Waals surface area contributed by atoms with Gasteiger partial charge in [0.1, 0.15) is 17.6 Å². The number of nitrogens with one attached hydrogen (secondary N) is 1. The lowest BCUT2D eigenvalue weighted by Gasteiger charge is -1.93. The van der Waals surface area contributed by atoms with E-state index in [0.29, 0.717) is 11.3 Å². The molecule has 0 saturated heterocycles. The highest BCUT2D eigenvalue weighted by atomic mass is 31.0. The molecule has 2 heterocycles. The number of fused-ring (bicyclic) bond motifs is 1. The van der Waals surface area contributed by atoms with Crippen LogP contribution in [0.2, 0.25) is 0 Å². The molecule has 0 saturated carbocycles. The van der Waals surface area contributed by atoms with E-state index in [-0.39, 0.29) is 5.56 Å². The first-order chi connectivity index (χ1) is 6.24. The summed E-state index contributed by atoms with van der Waals surface area (Å²) in [5.74, 6) is 0.634. The van der Waals surface area contributed by atoms with Gasteiger partial charge < -0.3 is 9.51 Å². The second kappa shape index (κ2) is 2.85. The number of nitrogens with zero attached hydrogens (tertiary/aromatic N) is 2. The normalized spacial score (nSPS) is 10.6. The Bertz CT molecular complexity index is 502. The Labute approximate surface area is 76.0 Å². The minimum absolute atomic E-state index is 0.166. The van der Waals surface area contributed by atoms with Crippen LogP contribution in [0.3, 0.4) is 0 Å². The van der Waals surface area contributed by atoms with E-state index in [9.17, 15) is 4.79 Å². The number of rotatable bonds is 1. The summed E-state index contributed by atoms with van der Waals surface area (Å²) in [6.45, 7) is 1.81. The second-order valence-electron chi connectivity index (χ2n) is 2.65. The molecule has 1 atom stereocenters. The number of aromatic amines is 1. The van der Waals surface area contributed by atoms with Gasteiger partial charge in [0.25, 0.3) is 5.56 Å². The summed E-state index contributed by atoms with van der Waals surface area (Å²) in [5.41, 5.74) is 1.13. The van der Waals surface area contributed by atoms with Gasteiger partial charge >= 0.3 is 0 Å². The van der Waals surface area contributed by atoms with Gasteiger partial charge in [0.05, 0.1) is 15.7 Å². The molecule has 0 aliphatic carbocycles. The van der Waals surface area contributed by atoms with E-state index < -0.39 is 0 Å². The van der Waals surface area contributed by atoms with Gasteiger partial charge in [-0.05, 0) is 6.92 Å². The summed E-state index contributed by atoms with van der Waals surface area (Å²) >= 11 is 0. The molecule has 6 heteroatoms. The topological polar surface area (TPSA) is 59.4 Å². The van der Waals surface area contributed by atoms with Gasteiger partial charge in [-0.1, -0.05) is 0 Å². The molecule has 0 amide bonds. The number of H-pyrrole nitrogens is 1. The standard InChI is InChI=1S/C7H8N3O2P/c1-4-5(12-13)2-10-6(4)7(11)8-3-9-10/h2-3H,13H2,1H3,(H,8,9,11). The molecule has 0 spiro atoms. The first kappa shape index (κ1) is 8.26. The Balaban J connectivity index is 2.93. The van der Waals surface area contributed by atoms with E-state index in [2.05, 4.69) is 19.5 Å². The highest BCUT2D eigenvalue weighted by Gasteiger charge is 2.09. The van der Waals surface area contributed by atoms with Crippen molar-refractivity contribution in [2.24, 2.45) is 0 Å². The lowest BCUT2D eigenvalue weighted by molar-refractivity contribution is 0.639. The summed E-state index contributed by atoms with van der Waals surface area (Å²) in [7, 11) is 2.14. The van der Waals surface area contributed by atoms with E-state index in [4.69, 9.17) is 4.52 Å². The van der Waals surface area contributed by atoms with Crippen LogP contribution >= 0.6 is 9.47 Å². The zero-order chi connectivity index (χ0) is 9.42. The molecule has 0 aliphatic rings. The van der Waals surface area contributed by atoms with Crippen LogP contribution in [0, 0.1) is 6.92 Å². The minimum Gasteiger partial charge on any atom is -0.478 e. The molecule has 0 bridgehead atoms. The minimum atomic E-state index is -0.166. The Kier molecular flexibility index (Phi) is 1.81. The van der Waals surface area contributed by atoms with Crippen LogP contribution in [0.5, 0.6) is 5.75 Å². The van der Waals surface area contributed by atoms with Crippen LogP contribution in [-0.4, -0.2) is 14.6 Å². The summed E-state index contributed by atoms with van der Waals surface area (Å²) in [6, 6.07) is 0. The van der Waals surface area contributed by atoms with Gasteiger partial charge in [0.15, 0.2) is 0 Å². The fourth-order valence-corrected chi connectivity index (χ4v) is 1.50. The average Bonchev–Trinajstić information content (AvgIpc) is 2.44. The Morgan fingerprint density at radius 2 is 2.46 bits per heavy atom.